The fourth-order valence-corrected chi connectivity index (χ4v) is 3.28. The highest BCUT2D eigenvalue weighted by Gasteiger charge is 2.22. The molecule has 1 amide bonds. The molecule has 2 heterocycles. The highest BCUT2D eigenvalue weighted by Crippen LogP contribution is 2.30. The maximum Gasteiger partial charge on any atom is 0.255 e. The third kappa shape index (κ3) is 3.74. The maximum atomic E-state index is 12.9. The van der Waals surface area contributed by atoms with E-state index < -0.39 is 0 Å². The molecule has 0 bridgehead atoms. The Kier molecular flexibility index (Phi) is 5.61. The number of amides is 1. The zero-order valence-electron chi connectivity index (χ0n) is 15.5. The molecule has 1 aromatic carbocycles. The second-order valence-corrected chi connectivity index (χ2v) is 6.37. The normalized spacial score (nSPS) is 14.8. The van der Waals surface area contributed by atoms with Gasteiger partial charge in [0.15, 0.2) is 0 Å². The van der Waals surface area contributed by atoms with Gasteiger partial charge in [-0.2, -0.15) is 0 Å². The lowest BCUT2D eigenvalue weighted by Gasteiger charge is -2.21. The first-order chi connectivity index (χ1) is 12.6. The first kappa shape index (κ1) is 18.0. The fourth-order valence-electron chi connectivity index (χ4n) is 3.28. The zero-order valence-corrected chi connectivity index (χ0v) is 15.5. The van der Waals surface area contributed by atoms with Crippen LogP contribution in [-0.2, 0) is 0 Å². The fraction of sp³-hybridized carbons (Fsp3) is 0.400. The number of hydrogen-bond acceptors (Lipinski definition) is 5. The van der Waals surface area contributed by atoms with Crippen LogP contribution in [0.5, 0.6) is 11.5 Å². The minimum atomic E-state index is -0.213. The van der Waals surface area contributed by atoms with Crippen molar-refractivity contribution in [2.45, 2.75) is 25.8 Å². The van der Waals surface area contributed by atoms with Gasteiger partial charge in [-0.1, -0.05) is 0 Å². The summed E-state index contributed by atoms with van der Waals surface area (Å²) in [6, 6.07) is 9.00. The summed E-state index contributed by atoms with van der Waals surface area (Å²) in [5, 5.41) is 3.06. The summed E-state index contributed by atoms with van der Waals surface area (Å²) in [6.45, 7) is 3.83. The molecule has 1 fully saturated rings. The van der Waals surface area contributed by atoms with Crippen LogP contribution < -0.4 is 19.7 Å². The van der Waals surface area contributed by atoms with Crippen molar-refractivity contribution in [1.82, 2.24) is 10.3 Å². The summed E-state index contributed by atoms with van der Waals surface area (Å²) in [5.41, 5.74) is 1.50. The Morgan fingerprint density at radius 3 is 2.65 bits per heavy atom. The second-order valence-electron chi connectivity index (χ2n) is 6.37. The molecule has 1 aliphatic heterocycles. The molecule has 1 aromatic heterocycles. The van der Waals surface area contributed by atoms with Gasteiger partial charge in [0.25, 0.3) is 5.91 Å². The number of benzene rings is 1. The quantitative estimate of drug-likeness (QED) is 0.862. The number of pyridine rings is 1. The Morgan fingerprint density at radius 2 is 1.96 bits per heavy atom. The Bertz CT molecular complexity index is 773. The molecule has 0 aliphatic carbocycles. The number of nitrogens with zero attached hydrogens (tertiary/aromatic N) is 2. The van der Waals surface area contributed by atoms with Gasteiger partial charge < -0.3 is 19.7 Å². The highest BCUT2D eigenvalue weighted by molar-refractivity contribution is 5.99. The lowest BCUT2D eigenvalue weighted by molar-refractivity contribution is 0.0939. The van der Waals surface area contributed by atoms with E-state index in [1.807, 2.05) is 31.2 Å². The summed E-state index contributed by atoms with van der Waals surface area (Å²) in [6.07, 6.45) is 4.01. The van der Waals surface area contributed by atoms with Gasteiger partial charge in [-0.15, -0.1) is 0 Å². The smallest absolute Gasteiger partial charge is 0.255 e. The summed E-state index contributed by atoms with van der Waals surface area (Å²) in [4.78, 5) is 19.5. The molecule has 0 spiro atoms. The van der Waals surface area contributed by atoms with Gasteiger partial charge in [0.2, 0.25) is 0 Å². The lowest BCUT2D eigenvalue weighted by Crippen LogP contribution is -2.30. The average molecular weight is 355 g/mol. The standard InChI is InChI=1S/C20H25N3O3/c1-14(16-9-8-15(25-2)13-18(16)26-3)22-20(24)17-7-6-10-21-19(17)23-11-4-5-12-23/h6-10,13-14H,4-5,11-12H2,1-3H3,(H,22,24). The van der Waals surface area contributed by atoms with Crippen LogP contribution in [0.2, 0.25) is 0 Å². The molecule has 1 N–H and O–H groups in total. The topological polar surface area (TPSA) is 63.7 Å². The Hall–Kier alpha value is -2.76. The van der Waals surface area contributed by atoms with Crippen LogP contribution in [0, 0.1) is 0 Å². The molecule has 138 valence electrons. The Morgan fingerprint density at radius 1 is 1.19 bits per heavy atom. The third-order valence-corrected chi connectivity index (χ3v) is 4.69. The molecule has 3 rings (SSSR count). The van der Waals surface area contributed by atoms with E-state index in [1.54, 1.807) is 26.5 Å². The van der Waals surface area contributed by atoms with Crippen molar-refractivity contribution in [2.75, 3.05) is 32.2 Å². The predicted molar refractivity (Wildman–Crippen MR) is 101 cm³/mol. The summed E-state index contributed by atoms with van der Waals surface area (Å²) in [5.74, 6) is 2.03. The number of anilines is 1. The monoisotopic (exact) mass is 355 g/mol. The van der Waals surface area contributed by atoms with Crippen LogP contribution in [-0.4, -0.2) is 38.2 Å². The molecule has 1 aliphatic rings. The van der Waals surface area contributed by atoms with Crippen molar-refractivity contribution >= 4 is 11.7 Å². The van der Waals surface area contributed by atoms with Crippen LogP contribution in [0.25, 0.3) is 0 Å². The number of ether oxygens (including phenoxy) is 2. The van der Waals surface area contributed by atoms with E-state index in [1.165, 1.54) is 0 Å². The number of carbonyl (C=O) groups excluding carboxylic acids is 1. The van der Waals surface area contributed by atoms with Crippen LogP contribution in [0.1, 0.15) is 41.7 Å². The lowest BCUT2D eigenvalue weighted by atomic mass is 10.1. The highest BCUT2D eigenvalue weighted by atomic mass is 16.5. The van der Waals surface area contributed by atoms with Crippen LogP contribution in [0.3, 0.4) is 0 Å². The van der Waals surface area contributed by atoms with Crippen molar-refractivity contribution in [3.8, 4) is 11.5 Å². The molecule has 0 radical (unpaired) electrons. The van der Waals surface area contributed by atoms with Gasteiger partial charge >= 0.3 is 0 Å². The average Bonchev–Trinajstić information content (AvgIpc) is 3.22. The van der Waals surface area contributed by atoms with Crippen molar-refractivity contribution in [3.63, 3.8) is 0 Å². The van der Waals surface area contributed by atoms with Crippen molar-refractivity contribution in [2.24, 2.45) is 0 Å². The van der Waals surface area contributed by atoms with Gasteiger partial charge in [0, 0.05) is 30.9 Å². The molecule has 1 saturated heterocycles. The molecule has 1 unspecified atom stereocenters. The van der Waals surface area contributed by atoms with E-state index >= 15 is 0 Å². The van der Waals surface area contributed by atoms with Gasteiger partial charge in [0.05, 0.1) is 25.8 Å². The van der Waals surface area contributed by atoms with Crippen LogP contribution in [0.4, 0.5) is 5.82 Å². The molecular formula is C20H25N3O3. The summed E-state index contributed by atoms with van der Waals surface area (Å²) < 4.78 is 10.7. The van der Waals surface area contributed by atoms with E-state index in [9.17, 15) is 4.79 Å². The summed E-state index contributed by atoms with van der Waals surface area (Å²) >= 11 is 0. The first-order valence-electron chi connectivity index (χ1n) is 8.86. The Labute approximate surface area is 154 Å². The molecule has 2 aromatic rings. The van der Waals surface area contributed by atoms with Gasteiger partial charge in [-0.05, 0) is 44.0 Å². The molecule has 6 heteroatoms. The zero-order chi connectivity index (χ0) is 18.5. The van der Waals surface area contributed by atoms with Crippen LogP contribution in [0.15, 0.2) is 36.5 Å². The van der Waals surface area contributed by atoms with Crippen molar-refractivity contribution < 1.29 is 14.3 Å². The molecular weight excluding hydrogens is 330 g/mol. The third-order valence-electron chi connectivity index (χ3n) is 4.69. The minimum Gasteiger partial charge on any atom is -0.497 e. The number of carbonyl (C=O) groups is 1. The van der Waals surface area contributed by atoms with E-state index in [0.29, 0.717) is 17.1 Å². The van der Waals surface area contributed by atoms with Gasteiger partial charge in [0.1, 0.15) is 17.3 Å². The van der Waals surface area contributed by atoms with Crippen molar-refractivity contribution in [1.29, 1.82) is 0 Å². The SMILES string of the molecule is COc1ccc(C(C)NC(=O)c2cccnc2N2CCCC2)c(OC)c1. The van der Waals surface area contributed by atoms with E-state index in [2.05, 4.69) is 15.2 Å². The molecule has 26 heavy (non-hydrogen) atoms. The minimum absolute atomic E-state index is 0.134. The van der Waals surface area contributed by atoms with E-state index in [0.717, 1.165) is 37.3 Å². The molecule has 6 nitrogen and oxygen atoms in total. The Balaban J connectivity index is 1.80. The number of rotatable bonds is 6. The maximum absolute atomic E-state index is 12.9. The van der Waals surface area contributed by atoms with Crippen LogP contribution >= 0.6 is 0 Å². The second kappa shape index (κ2) is 8.08. The molecule has 0 saturated carbocycles. The number of hydrogen-bond donors (Lipinski definition) is 1. The molecule has 1 atom stereocenters. The number of nitrogens with one attached hydrogen (secondary N) is 1. The number of aromatic nitrogens is 1. The van der Waals surface area contributed by atoms with E-state index in [4.69, 9.17) is 9.47 Å². The van der Waals surface area contributed by atoms with Gasteiger partial charge in [-0.25, -0.2) is 4.98 Å². The largest absolute Gasteiger partial charge is 0.497 e. The predicted octanol–water partition coefficient (Wildman–Crippen LogP) is 3.19. The van der Waals surface area contributed by atoms with E-state index in [-0.39, 0.29) is 11.9 Å². The van der Waals surface area contributed by atoms with Gasteiger partial charge in [-0.3, -0.25) is 4.79 Å². The van der Waals surface area contributed by atoms with Crippen molar-refractivity contribution in [3.05, 3.63) is 47.7 Å². The number of methoxy groups -OCH3 is 2. The summed E-state index contributed by atoms with van der Waals surface area (Å²) in [7, 11) is 3.22. The first-order valence-corrected chi connectivity index (χ1v) is 8.86.